The molecule has 0 saturated carbocycles. The first-order valence-corrected chi connectivity index (χ1v) is 7.80. The van der Waals surface area contributed by atoms with E-state index in [9.17, 15) is 14.7 Å². The summed E-state index contributed by atoms with van der Waals surface area (Å²) in [5.41, 5.74) is 3.30. The summed E-state index contributed by atoms with van der Waals surface area (Å²) in [5, 5.41) is 10.5. The first-order valence-electron chi connectivity index (χ1n) is 7.80. The van der Waals surface area contributed by atoms with Crippen molar-refractivity contribution in [2.45, 2.75) is 19.0 Å². The second-order valence-electron chi connectivity index (χ2n) is 6.01. The molecule has 0 bridgehead atoms. The van der Waals surface area contributed by atoms with Crippen LogP contribution < -0.4 is 0 Å². The Morgan fingerprint density at radius 1 is 1.12 bits per heavy atom. The van der Waals surface area contributed by atoms with Crippen LogP contribution in [0.3, 0.4) is 0 Å². The van der Waals surface area contributed by atoms with Gasteiger partial charge in [-0.15, -0.1) is 0 Å². The largest absolute Gasteiger partial charge is 0.480 e. The molecular weight excluding hydrogens is 304 g/mol. The molecule has 5 heteroatoms. The number of hydrogen-bond acceptors (Lipinski definition) is 2. The zero-order valence-electron chi connectivity index (χ0n) is 13.1. The monoisotopic (exact) mass is 320 g/mol. The lowest BCUT2D eigenvalue weighted by molar-refractivity contribution is -0.142. The van der Waals surface area contributed by atoms with Crippen molar-refractivity contribution < 1.29 is 14.7 Å². The number of benzene rings is 2. The number of amides is 1. The highest BCUT2D eigenvalue weighted by Crippen LogP contribution is 2.42. The van der Waals surface area contributed by atoms with Gasteiger partial charge in [0, 0.05) is 28.2 Å². The molecular formula is C19H16N2O3. The van der Waals surface area contributed by atoms with Gasteiger partial charge in [0.2, 0.25) is 0 Å². The van der Waals surface area contributed by atoms with E-state index in [0.29, 0.717) is 5.56 Å². The lowest BCUT2D eigenvalue weighted by Gasteiger charge is -2.28. The van der Waals surface area contributed by atoms with E-state index in [2.05, 4.69) is 4.98 Å². The van der Waals surface area contributed by atoms with Crippen LogP contribution in [0.4, 0.5) is 0 Å². The summed E-state index contributed by atoms with van der Waals surface area (Å²) in [5.74, 6) is -1.25. The average molecular weight is 320 g/mol. The third-order valence-electron chi connectivity index (χ3n) is 4.69. The zero-order chi connectivity index (χ0) is 16.8. The van der Waals surface area contributed by atoms with E-state index in [1.807, 2.05) is 42.6 Å². The zero-order valence-corrected chi connectivity index (χ0v) is 13.1. The minimum Gasteiger partial charge on any atom is -0.480 e. The third-order valence-corrected chi connectivity index (χ3v) is 4.69. The number of rotatable bonds is 3. The van der Waals surface area contributed by atoms with Crippen LogP contribution >= 0.6 is 0 Å². The molecule has 4 rings (SSSR count). The molecule has 2 atom stereocenters. The second kappa shape index (κ2) is 5.23. The molecule has 2 N–H and O–H groups in total. The number of H-pyrrole nitrogens is 1. The molecule has 0 saturated heterocycles. The standard InChI is InChI=1S/C19H16N2O3/c1-11(19(23)24)21-17(13-7-2-3-8-14(13)18(21)22)15-10-20-16-9-5-4-6-12(15)16/h2-11,17,20H,1H3,(H,23,24)/t11-,17-/m1/s1. The van der Waals surface area contributed by atoms with E-state index in [4.69, 9.17) is 0 Å². The Bertz CT molecular complexity index is 960. The van der Waals surface area contributed by atoms with Gasteiger partial charge in [-0.1, -0.05) is 36.4 Å². The minimum absolute atomic E-state index is 0.240. The maximum Gasteiger partial charge on any atom is 0.326 e. The number of carbonyl (C=O) groups is 2. The van der Waals surface area contributed by atoms with Crippen LogP contribution in [0.25, 0.3) is 10.9 Å². The predicted molar refractivity (Wildman–Crippen MR) is 89.9 cm³/mol. The maximum absolute atomic E-state index is 12.8. The molecule has 2 aromatic carbocycles. The molecule has 1 amide bonds. The molecule has 120 valence electrons. The minimum atomic E-state index is -1.01. The number of nitrogens with zero attached hydrogens (tertiary/aromatic N) is 1. The van der Waals surface area contributed by atoms with Crippen LogP contribution in [0.2, 0.25) is 0 Å². The van der Waals surface area contributed by atoms with Crippen molar-refractivity contribution in [2.24, 2.45) is 0 Å². The lowest BCUT2D eigenvalue weighted by atomic mass is 9.97. The fourth-order valence-electron chi connectivity index (χ4n) is 3.49. The average Bonchev–Trinajstić information content (AvgIpc) is 3.13. The van der Waals surface area contributed by atoms with Crippen molar-refractivity contribution in [3.8, 4) is 0 Å². The normalized spacial score (nSPS) is 18.0. The van der Waals surface area contributed by atoms with Crippen LogP contribution in [-0.2, 0) is 4.79 Å². The molecule has 0 spiro atoms. The summed E-state index contributed by atoms with van der Waals surface area (Å²) in [6.45, 7) is 1.55. The van der Waals surface area contributed by atoms with Crippen LogP contribution in [0.1, 0.15) is 34.5 Å². The number of hydrogen-bond donors (Lipinski definition) is 2. The summed E-state index contributed by atoms with van der Waals surface area (Å²) in [6, 6.07) is 13.8. The SMILES string of the molecule is C[C@H](C(=O)O)N1C(=O)c2ccccc2[C@@H]1c1c[nH]c2ccccc12. The van der Waals surface area contributed by atoms with Crippen molar-refractivity contribution in [3.63, 3.8) is 0 Å². The highest BCUT2D eigenvalue weighted by Gasteiger charge is 2.42. The van der Waals surface area contributed by atoms with Gasteiger partial charge in [-0.25, -0.2) is 4.79 Å². The Kier molecular flexibility index (Phi) is 3.16. The Hall–Kier alpha value is -3.08. The quantitative estimate of drug-likeness (QED) is 0.778. The molecule has 0 fully saturated rings. The molecule has 0 radical (unpaired) electrons. The first kappa shape index (κ1) is 14.5. The van der Waals surface area contributed by atoms with Crippen molar-refractivity contribution in [3.05, 3.63) is 71.4 Å². The Labute approximate surface area is 138 Å². The molecule has 1 aromatic heterocycles. The van der Waals surface area contributed by atoms with Crippen LogP contribution in [0.15, 0.2) is 54.7 Å². The summed E-state index contributed by atoms with van der Waals surface area (Å²) < 4.78 is 0. The number of carboxylic acid groups (broad SMARTS) is 1. The molecule has 0 unspecified atom stereocenters. The maximum atomic E-state index is 12.8. The summed E-state index contributed by atoms with van der Waals surface area (Å²) in [6.07, 6.45) is 1.87. The Morgan fingerprint density at radius 2 is 1.83 bits per heavy atom. The fraction of sp³-hybridized carbons (Fsp3) is 0.158. The molecule has 5 nitrogen and oxygen atoms in total. The van der Waals surface area contributed by atoms with Gasteiger partial charge >= 0.3 is 5.97 Å². The van der Waals surface area contributed by atoms with Crippen LogP contribution in [-0.4, -0.2) is 32.9 Å². The van der Waals surface area contributed by atoms with Gasteiger partial charge in [0.05, 0.1) is 6.04 Å². The Balaban J connectivity index is 1.95. The van der Waals surface area contributed by atoms with Gasteiger partial charge in [-0.2, -0.15) is 0 Å². The number of carbonyl (C=O) groups excluding carboxylic acids is 1. The van der Waals surface area contributed by atoms with Gasteiger partial charge in [-0.3, -0.25) is 4.79 Å². The first-order chi connectivity index (χ1) is 11.6. The molecule has 2 heterocycles. The van der Waals surface area contributed by atoms with Gasteiger partial charge in [-0.05, 0) is 24.6 Å². The number of aromatic amines is 1. The predicted octanol–water partition coefficient (Wildman–Crippen LogP) is 3.19. The van der Waals surface area contributed by atoms with E-state index in [1.165, 1.54) is 4.90 Å². The highest BCUT2D eigenvalue weighted by atomic mass is 16.4. The van der Waals surface area contributed by atoms with Crippen molar-refractivity contribution >= 4 is 22.8 Å². The molecule has 3 aromatic rings. The summed E-state index contributed by atoms with van der Waals surface area (Å²) in [7, 11) is 0. The summed E-state index contributed by atoms with van der Waals surface area (Å²) >= 11 is 0. The van der Waals surface area contributed by atoms with Crippen LogP contribution in [0.5, 0.6) is 0 Å². The van der Waals surface area contributed by atoms with Crippen molar-refractivity contribution in [1.29, 1.82) is 0 Å². The molecule has 1 aliphatic rings. The molecule has 24 heavy (non-hydrogen) atoms. The Morgan fingerprint density at radius 3 is 2.62 bits per heavy atom. The van der Waals surface area contributed by atoms with Crippen molar-refractivity contribution in [1.82, 2.24) is 9.88 Å². The van der Waals surface area contributed by atoms with Gasteiger partial charge in [0.15, 0.2) is 0 Å². The number of nitrogens with one attached hydrogen (secondary N) is 1. The number of carboxylic acids is 1. The highest BCUT2D eigenvalue weighted by molar-refractivity contribution is 6.02. The summed E-state index contributed by atoms with van der Waals surface area (Å²) in [4.78, 5) is 29.1. The number of aromatic nitrogens is 1. The van der Waals surface area contributed by atoms with Gasteiger partial charge in [0.25, 0.3) is 5.91 Å². The van der Waals surface area contributed by atoms with Crippen LogP contribution in [0, 0.1) is 0 Å². The molecule has 0 aliphatic carbocycles. The van der Waals surface area contributed by atoms with E-state index >= 15 is 0 Å². The van der Waals surface area contributed by atoms with E-state index in [1.54, 1.807) is 19.1 Å². The van der Waals surface area contributed by atoms with Gasteiger partial charge < -0.3 is 15.0 Å². The smallest absolute Gasteiger partial charge is 0.326 e. The topological polar surface area (TPSA) is 73.4 Å². The lowest BCUT2D eigenvalue weighted by Crippen LogP contribution is -2.41. The second-order valence-corrected chi connectivity index (χ2v) is 6.01. The number of para-hydroxylation sites is 1. The number of aliphatic carboxylic acids is 1. The van der Waals surface area contributed by atoms with Gasteiger partial charge in [0.1, 0.15) is 6.04 Å². The molecule has 1 aliphatic heterocycles. The fourth-order valence-corrected chi connectivity index (χ4v) is 3.49. The van der Waals surface area contributed by atoms with E-state index < -0.39 is 18.1 Å². The van der Waals surface area contributed by atoms with E-state index in [0.717, 1.165) is 22.0 Å². The third kappa shape index (κ3) is 1.94. The van der Waals surface area contributed by atoms with Crippen molar-refractivity contribution in [2.75, 3.05) is 0 Å². The number of fused-ring (bicyclic) bond motifs is 2. The van der Waals surface area contributed by atoms with E-state index in [-0.39, 0.29) is 5.91 Å².